The summed E-state index contributed by atoms with van der Waals surface area (Å²) in [6, 6.07) is 6.26. The number of benzene rings is 1. The third-order valence-corrected chi connectivity index (χ3v) is 2.93. The summed E-state index contributed by atoms with van der Waals surface area (Å²) in [6.07, 6.45) is 1.55. The summed E-state index contributed by atoms with van der Waals surface area (Å²) in [5, 5.41) is 8.60. The van der Waals surface area contributed by atoms with Gasteiger partial charge in [0, 0.05) is 0 Å². The molecule has 0 aliphatic carbocycles. The third-order valence-electron chi connectivity index (χ3n) is 1.62. The lowest BCUT2D eigenvalue weighted by atomic mass is 10.2. The van der Waals surface area contributed by atoms with Gasteiger partial charge in [-0.2, -0.15) is 0 Å². The fourth-order valence-electron chi connectivity index (χ4n) is 0.910. The van der Waals surface area contributed by atoms with Crippen molar-refractivity contribution in [1.82, 2.24) is 0 Å². The molecule has 4 heteroatoms. The second kappa shape index (κ2) is 3.72. The van der Waals surface area contributed by atoms with Crippen molar-refractivity contribution in [2.45, 2.75) is 4.90 Å². The molecule has 0 aliphatic rings. The van der Waals surface area contributed by atoms with E-state index in [-0.39, 0.29) is 4.90 Å². The Hall–Kier alpha value is -1.13. The molecule has 0 heterocycles. The Balaban J connectivity index is 3.24. The van der Waals surface area contributed by atoms with Gasteiger partial charge in [-0.3, -0.25) is 0 Å². The van der Waals surface area contributed by atoms with Gasteiger partial charge in [-0.1, -0.05) is 24.8 Å². The minimum atomic E-state index is -3.52. The summed E-state index contributed by atoms with van der Waals surface area (Å²) in [6.45, 7) is 3.52. The highest BCUT2D eigenvalue weighted by molar-refractivity contribution is 7.91. The van der Waals surface area contributed by atoms with Crippen LogP contribution in [0.1, 0.15) is 5.56 Å². The lowest BCUT2D eigenvalue weighted by Gasteiger charge is -2.00. The summed E-state index contributed by atoms with van der Waals surface area (Å²) >= 11 is 0. The molecule has 0 amide bonds. The molecule has 1 rings (SSSR count). The van der Waals surface area contributed by atoms with Crippen LogP contribution < -0.4 is 0 Å². The highest BCUT2D eigenvalue weighted by Crippen LogP contribution is 2.13. The fourth-order valence-corrected chi connectivity index (χ4v) is 1.66. The van der Waals surface area contributed by atoms with Gasteiger partial charge in [-0.25, -0.2) is 8.42 Å². The maximum Gasteiger partial charge on any atom is 0.202 e. The third kappa shape index (κ3) is 2.17. The lowest BCUT2D eigenvalue weighted by Crippen LogP contribution is -2.05. The maximum absolute atomic E-state index is 11.2. The average Bonchev–Trinajstić information content (AvgIpc) is 2.18. The molecule has 70 valence electrons. The minimum absolute atomic E-state index is 0.118. The van der Waals surface area contributed by atoms with E-state index in [2.05, 4.69) is 6.58 Å². The predicted molar refractivity (Wildman–Crippen MR) is 50.8 cm³/mol. The normalized spacial score (nSPS) is 11.2. The van der Waals surface area contributed by atoms with Crippen LogP contribution >= 0.6 is 0 Å². The Morgan fingerprint density at radius 2 is 2.15 bits per heavy atom. The van der Waals surface area contributed by atoms with E-state index in [1.807, 2.05) is 0 Å². The van der Waals surface area contributed by atoms with E-state index < -0.39 is 15.8 Å². The molecule has 1 aromatic carbocycles. The summed E-state index contributed by atoms with van der Waals surface area (Å²) in [7, 11) is -3.52. The first kappa shape index (κ1) is 9.95. The van der Waals surface area contributed by atoms with E-state index in [1.165, 1.54) is 12.1 Å². The molecule has 0 saturated heterocycles. The summed E-state index contributed by atoms with van der Waals surface area (Å²) in [5.74, 6) is -0.867. The Morgan fingerprint density at radius 1 is 1.46 bits per heavy atom. The van der Waals surface area contributed by atoms with E-state index >= 15 is 0 Å². The van der Waals surface area contributed by atoms with Crippen molar-refractivity contribution in [1.29, 1.82) is 0 Å². The number of hydrogen-bond acceptors (Lipinski definition) is 3. The Morgan fingerprint density at radius 3 is 2.69 bits per heavy atom. The van der Waals surface area contributed by atoms with Crippen molar-refractivity contribution in [2.24, 2.45) is 0 Å². The molecule has 0 aromatic heterocycles. The van der Waals surface area contributed by atoms with Crippen LogP contribution in [0.5, 0.6) is 0 Å². The van der Waals surface area contributed by atoms with Crippen molar-refractivity contribution in [3.05, 3.63) is 36.4 Å². The molecule has 0 unspecified atom stereocenters. The van der Waals surface area contributed by atoms with Gasteiger partial charge in [0.25, 0.3) is 0 Å². The molecule has 0 radical (unpaired) electrons. The van der Waals surface area contributed by atoms with Crippen molar-refractivity contribution in [3.8, 4) is 0 Å². The Kier molecular flexibility index (Phi) is 2.85. The molecule has 1 N–H and O–H groups in total. The summed E-state index contributed by atoms with van der Waals surface area (Å²) < 4.78 is 22.4. The SMILES string of the molecule is C=Cc1cccc(S(=O)(=O)CO)c1. The van der Waals surface area contributed by atoms with Crippen LogP contribution in [-0.2, 0) is 9.84 Å². The number of rotatable bonds is 3. The molecular formula is C9H10O3S. The van der Waals surface area contributed by atoms with Crippen molar-refractivity contribution < 1.29 is 13.5 Å². The highest BCUT2D eigenvalue weighted by Gasteiger charge is 2.11. The minimum Gasteiger partial charge on any atom is -0.380 e. The van der Waals surface area contributed by atoms with Gasteiger partial charge >= 0.3 is 0 Å². The van der Waals surface area contributed by atoms with Gasteiger partial charge < -0.3 is 5.11 Å². The zero-order valence-corrected chi connectivity index (χ0v) is 7.79. The molecule has 0 fully saturated rings. The highest BCUT2D eigenvalue weighted by atomic mass is 32.2. The van der Waals surface area contributed by atoms with Gasteiger partial charge in [0.1, 0.15) is 5.94 Å². The molecule has 3 nitrogen and oxygen atoms in total. The monoisotopic (exact) mass is 198 g/mol. The number of sulfone groups is 1. The fraction of sp³-hybridized carbons (Fsp3) is 0.111. The van der Waals surface area contributed by atoms with E-state index in [9.17, 15) is 8.42 Å². The van der Waals surface area contributed by atoms with Gasteiger partial charge in [0.05, 0.1) is 4.90 Å². The van der Waals surface area contributed by atoms with Crippen LogP contribution in [0.15, 0.2) is 35.7 Å². The van der Waals surface area contributed by atoms with Crippen molar-refractivity contribution in [3.63, 3.8) is 0 Å². The number of aliphatic hydroxyl groups excluding tert-OH is 1. The van der Waals surface area contributed by atoms with Crippen LogP contribution in [0.2, 0.25) is 0 Å². The first-order valence-corrected chi connectivity index (χ1v) is 5.31. The maximum atomic E-state index is 11.2. The van der Waals surface area contributed by atoms with Gasteiger partial charge in [-0.05, 0) is 17.7 Å². The lowest BCUT2D eigenvalue weighted by molar-refractivity contribution is 0.358. The van der Waals surface area contributed by atoms with E-state index in [0.717, 1.165) is 5.56 Å². The largest absolute Gasteiger partial charge is 0.380 e. The molecule has 0 spiro atoms. The smallest absolute Gasteiger partial charge is 0.202 e. The van der Waals surface area contributed by atoms with Gasteiger partial charge in [0.15, 0.2) is 0 Å². The quantitative estimate of drug-likeness (QED) is 0.790. The Bertz CT molecular complexity index is 407. The first-order chi connectivity index (χ1) is 6.10. The topological polar surface area (TPSA) is 54.4 Å². The molecule has 1 aromatic rings. The molecule has 0 saturated carbocycles. The molecule has 0 aliphatic heterocycles. The van der Waals surface area contributed by atoms with Crippen LogP contribution in [0, 0.1) is 0 Å². The zero-order valence-electron chi connectivity index (χ0n) is 6.97. The first-order valence-electron chi connectivity index (χ1n) is 3.66. The van der Waals surface area contributed by atoms with Gasteiger partial charge in [0.2, 0.25) is 9.84 Å². The van der Waals surface area contributed by atoms with E-state index in [4.69, 9.17) is 5.11 Å². The zero-order chi connectivity index (χ0) is 9.90. The van der Waals surface area contributed by atoms with Crippen LogP contribution in [0.3, 0.4) is 0 Å². The Labute approximate surface area is 77.3 Å². The second-order valence-corrected chi connectivity index (χ2v) is 4.48. The van der Waals surface area contributed by atoms with Crippen molar-refractivity contribution in [2.75, 3.05) is 5.94 Å². The predicted octanol–water partition coefficient (Wildman–Crippen LogP) is 1.05. The van der Waals surface area contributed by atoms with Gasteiger partial charge in [-0.15, -0.1) is 0 Å². The average molecular weight is 198 g/mol. The van der Waals surface area contributed by atoms with Crippen molar-refractivity contribution >= 4 is 15.9 Å². The molecular weight excluding hydrogens is 188 g/mol. The van der Waals surface area contributed by atoms with E-state index in [0.29, 0.717) is 0 Å². The number of aliphatic hydroxyl groups is 1. The standard InChI is InChI=1S/C9H10O3S/c1-2-8-4-3-5-9(6-8)13(11,12)7-10/h2-6,10H,1,7H2. The van der Waals surface area contributed by atoms with Crippen LogP contribution in [0.4, 0.5) is 0 Å². The van der Waals surface area contributed by atoms with E-state index in [1.54, 1.807) is 18.2 Å². The van der Waals surface area contributed by atoms with Crippen LogP contribution in [-0.4, -0.2) is 19.5 Å². The van der Waals surface area contributed by atoms with Crippen LogP contribution in [0.25, 0.3) is 6.08 Å². The number of hydrogen-bond donors (Lipinski definition) is 1. The second-order valence-electron chi connectivity index (χ2n) is 2.52. The molecule has 13 heavy (non-hydrogen) atoms. The molecule has 0 atom stereocenters. The summed E-state index contributed by atoms with van der Waals surface area (Å²) in [4.78, 5) is 0.118. The molecule has 0 bridgehead atoms. The summed E-state index contributed by atoms with van der Waals surface area (Å²) in [5.41, 5.74) is 0.717.